The van der Waals surface area contributed by atoms with Crippen molar-refractivity contribution in [3.63, 3.8) is 0 Å². The molecular weight excluding hydrogens is 308 g/mol. The van der Waals surface area contributed by atoms with E-state index in [9.17, 15) is 4.79 Å². The monoisotopic (exact) mass is 332 g/mol. The summed E-state index contributed by atoms with van der Waals surface area (Å²) in [6.07, 6.45) is 3.85. The molecule has 1 aliphatic rings. The predicted molar refractivity (Wildman–Crippen MR) is 86.5 cm³/mol. The van der Waals surface area contributed by atoms with E-state index >= 15 is 0 Å². The molecule has 130 valence electrons. The number of rotatable bonds is 5. The summed E-state index contributed by atoms with van der Waals surface area (Å²) in [7, 11) is 0. The minimum atomic E-state index is 0.166. The maximum atomic E-state index is 12.6. The number of carbonyl (C=O) groups excluding carboxylic acids is 1. The van der Waals surface area contributed by atoms with Gasteiger partial charge in [0.25, 0.3) is 0 Å². The third-order valence-corrected chi connectivity index (χ3v) is 4.70. The van der Waals surface area contributed by atoms with Gasteiger partial charge < -0.3 is 13.9 Å². The number of hydrogen-bond acceptors (Lipinski definition) is 6. The molecule has 7 nitrogen and oxygen atoms in total. The highest BCUT2D eigenvalue weighted by atomic mass is 16.5. The molecule has 0 spiro atoms. The molecule has 1 fully saturated rings. The minimum absolute atomic E-state index is 0.166. The Morgan fingerprint density at radius 2 is 2.12 bits per heavy atom. The van der Waals surface area contributed by atoms with Crippen LogP contribution < -0.4 is 0 Å². The quantitative estimate of drug-likeness (QED) is 0.836. The number of aryl methyl sites for hydroxylation is 3. The van der Waals surface area contributed by atoms with Crippen molar-refractivity contribution in [2.45, 2.75) is 58.8 Å². The third kappa shape index (κ3) is 3.49. The van der Waals surface area contributed by atoms with Crippen molar-refractivity contribution in [1.82, 2.24) is 20.2 Å². The molecule has 0 N–H and O–H groups in total. The van der Waals surface area contributed by atoms with Crippen molar-refractivity contribution >= 4 is 5.91 Å². The normalized spacial score (nSPS) is 18.1. The number of piperidine rings is 1. The Kier molecular flexibility index (Phi) is 4.97. The summed E-state index contributed by atoms with van der Waals surface area (Å²) < 4.78 is 10.4. The topological polar surface area (TPSA) is 85.3 Å². The smallest absolute Gasteiger partial charge is 0.226 e. The summed E-state index contributed by atoms with van der Waals surface area (Å²) in [5.41, 5.74) is 1.92. The van der Waals surface area contributed by atoms with Crippen molar-refractivity contribution < 1.29 is 13.8 Å². The highest BCUT2D eigenvalue weighted by molar-refractivity contribution is 5.76. The molecule has 1 aliphatic heterocycles. The van der Waals surface area contributed by atoms with Gasteiger partial charge in [0, 0.05) is 37.4 Å². The SMILES string of the molecule is CCc1nc(C2CCCN(C(=O)CCc3c(C)noc3C)C2)no1. The first-order valence-electron chi connectivity index (χ1n) is 8.60. The van der Waals surface area contributed by atoms with Gasteiger partial charge in [0.05, 0.1) is 5.69 Å². The third-order valence-electron chi connectivity index (χ3n) is 4.70. The molecule has 3 heterocycles. The van der Waals surface area contributed by atoms with Crippen LogP contribution in [0.1, 0.15) is 60.8 Å². The van der Waals surface area contributed by atoms with E-state index in [4.69, 9.17) is 9.05 Å². The molecule has 0 aliphatic carbocycles. The molecular formula is C17H24N4O3. The van der Waals surface area contributed by atoms with E-state index in [-0.39, 0.29) is 11.8 Å². The molecule has 1 amide bonds. The van der Waals surface area contributed by atoms with Crippen LogP contribution in [0.5, 0.6) is 0 Å². The number of aromatic nitrogens is 3. The van der Waals surface area contributed by atoms with Gasteiger partial charge in [-0.05, 0) is 33.1 Å². The zero-order chi connectivity index (χ0) is 17.1. The Bertz CT molecular complexity index is 687. The Labute approximate surface area is 141 Å². The first-order valence-corrected chi connectivity index (χ1v) is 8.60. The summed E-state index contributed by atoms with van der Waals surface area (Å²) in [4.78, 5) is 18.9. The Hall–Kier alpha value is -2.18. The molecule has 3 rings (SSSR count). The molecule has 0 radical (unpaired) electrons. The first kappa shape index (κ1) is 16.7. The second kappa shape index (κ2) is 7.15. The van der Waals surface area contributed by atoms with Crippen molar-refractivity contribution in [2.75, 3.05) is 13.1 Å². The van der Waals surface area contributed by atoms with E-state index in [1.165, 1.54) is 0 Å². The highest BCUT2D eigenvalue weighted by Gasteiger charge is 2.28. The molecule has 7 heteroatoms. The largest absolute Gasteiger partial charge is 0.361 e. The van der Waals surface area contributed by atoms with Crippen LogP contribution in [-0.4, -0.2) is 39.2 Å². The van der Waals surface area contributed by atoms with Crippen molar-refractivity contribution in [3.05, 3.63) is 28.7 Å². The average molecular weight is 332 g/mol. The molecule has 1 saturated heterocycles. The van der Waals surface area contributed by atoms with Crippen molar-refractivity contribution in [3.8, 4) is 0 Å². The van der Waals surface area contributed by atoms with Gasteiger partial charge in [0.15, 0.2) is 5.82 Å². The highest BCUT2D eigenvalue weighted by Crippen LogP contribution is 2.26. The zero-order valence-electron chi connectivity index (χ0n) is 14.5. The number of amides is 1. The van der Waals surface area contributed by atoms with Crippen LogP contribution in [0.3, 0.4) is 0 Å². The molecule has 2 aromatic heterocycles. The summed E-state index contributed by atoms with van der Waals surface area (Å²) >= 11 is 0. The number of nitrogens with zero attached hydrogens (tertiary/aromatic N) is 4. The average Bonchev–Trinajstić information content (AvgIpc) is 3.20. The first-order chi connectivity index (χ1) is 11.6. The van der Waals surface area contributed by atoms with Crippen molar-refractivity contribution in [1.29, 1.82) is 0 Å². The van der Waals surface area contributed by atoms with Gasteiger partial charge in [-0.25, -0.2) is 0 Å². The Morgan fingerprint density at radius 1 is 1.29 bits per heavy atom. The Balaban J connectivity index is 1.58. The van der Waals surface area contributed by atoms with Crippen LogP contribution >= 0.6 is 0 Å². The van der Waals surface area contributed by atoms with E-state index in [2.05, 4.69) is 15.3 Å². The van der Waals surface area contributed by atoms with Crippen LogP contribution in [0, 0.1) is 13.8 Å². The molecule has 0 aromatic carbocycles. The fourth-order valence-corrected chi connectivity index (χ4v) is 3.24. The maximum absolute atomic E-state index is 12.6. The molecule has 0 saturated carbocycles. The lowest BCUT2D eigenvalue weighted by molar-refractivity contribution is -0.132. The number of carbonyl (C=O) groups is 1. The van der Waals surface area contributed by atoms with Gasteiger partial charge in [0.1, 0.15) is 5.76 Å². The summed E-state index contributed by atoms with van der Waals surface area (Å²) in [6, 6.07) is 0. The second-order valence-corrected chi connectivity index (χ2v) is 6.38. The van der Waals surface area contributed by atoms with Gasteiger partial charge in [-0.2, -0.15) is 4.98 Å². The van der Waals surface area contributed by atoms with E-state index in [1.807, 2.05) is 25.7 Å². The van der Waals surface area contributed by atoms with Gasteiger partial charge in [-0.15, -0.1) is 0 Å². The maximum Gasteiger partial charge on any atom is 0.226 e. The lowest BCUT2D eigenvalue weighted by atomic mass is 9.96. The summed E-state index contributed by atoms with van der Waals surface area (Å²) in [6.45, 7) is 7.26. The summed E-state index contributed by atoms with van der Waals surface area (Å²) in [5, 5.41) is 8.01. The van der Waals surface area contributed by atoms with Crippen LogP contribution in [-0.2, 0) is 17.6 Å². The van der Waals surface area contributed by atoms with Crippen LogP contribution in [0.15, 0.2) is 9.05 Å². The van der Waals surface area contributed by atoms with E-state index in [0.717, 1.165) is 48.6 Å². The van der Waals surface area contributed by atoms with Crippen LogP contribution in [0.2, 0.25) is 0 Å². The number of likely N-dealkylation sites (tertiary alicyclic amines) is 1. The molecule has 0 bridgehead atoms. The lowest BCUT2D eigenvalue weighted by Gasteiger charge is -2.31. The molecule has 1 unspecified atom stereocenters. The van der Waals surface area contributed by atoms with E-state index in [0.29, 0.717) is 25.3 Å². The predicted octanol–water partition coefficient (Wildman–Crippen LogP) is 2.58. The van der Waals surface area contributed by atoms with Gasteiger partial charge in [-0.3, -0.25) is 4.79 Å². The van der Waals surface area contributed by atoms with E-state index in [1.54, 1.807) is 0 Å². The van der Waals surface area contributed by atoms with Gasteiger partial charge in [-0.1, -0.05) is 17.2 Å². The van der Waals surface area contributed by atoms with Gasteiger partial charge >= 0.3 is 0 Å². The molecule has 1 atom stereocenters. The standard InChI is InChI=1S/C17H24N4O3/c1-4-15-18-17(20-24-15)13-6-5-9-21(10-13)16(22)8-7-14-11(2)19-23-12(14)3/h13H,4-10H2,1-3H3. The summed E-state index contributed by atoms with van der Waals surface area (Å²) in [5.74, 6) is 2.53. The van der Waals surface area contributed by atoms with Crippen LogP contribution in [0.25, 0.3) is 0 Å². The van der Waals surface area contributed by atoms with Crippen molar-refractivity contribution in [2.24, 2.45) is 0 Å². The Morgan fingerprint density at radius 3 is 2.79 bits per heavy atom. The second-order valence-electron chi connectivity index (χ2n) is 6.38. The fourth-order valence-electron chi connectivity index (χ4n) is 3.24. The number of hydrogen-bond donors (Lipinski definition) is 0. The van der Waals surface area contributed by atoms with Crippen LogP contribution in [0.4, 0.5) is 0 Å². The zero-order valence-corrected chi connectivity index (χ0v) is 14.5. The molecule has 2 aromatic rings. The lowest BCUT2D eigenvalue weighted by Crippen LogP contribution is -2.39. The van der Waals surface area contributed by atoms with Gasteiger partial charge in [0.2, 0.25) is 11.8 Å². The fraction of sp³-hybridized carbons (Fsp3) is 0.647. The molecule has 24 heavy (non-hydrogen) atoms. The minimum Gasteiger partial charge on any atom is -0.361 e. The van der Waals surface area contributed by atoms with E-state index < -0.39 is 0 Å².